The van der Waals surface area contributed by atoms with E-state index < -0.39 is 0 Å². The summed E-state index contributed by atoms with van der Waals surface area (Å²) < 4.78 is 0. The molecule has 0 aromatic carbocycles. The lowest BCUT2D eigenvalue weighted by atomic mass is 9.96. The predicted octanol–water partition coefficient (Wildman–Crippen LogP) is -0.536. The average Bonchev–Trinajstić information content (AvgIpc) is 2.49. The van der Waals surface area contributed by atoms with Gasteiger partial charge in [-0.2, -0.15) is 0 Å². The molecule has 6 heteroatoms. The van der Waals surface area contributed by atoms with Gasteiger partial charge in [-0.25, -0.2) is 0 Å². The SMILES string of the molecule is C=CCNC(=O)C(C)N1CCCC(C(=O)NCCN)C1. The highest BCUT2D eigenvalue weighted by molar-refractivity contribution is 5.82. The second-order valence-corrected chi connectivity index (χ2v) is 5.12. The van der Waals surface area contributed by atoms with Crippen LogP contribution in [0.25, 0.3) is 0 Å². The van der Waals surface area contributed by atoms with E-state index in [1.54, 1.807) is 6.08 Å². The lowest BCUT2D eigenvalue weighted by Crippen LogP contribution is -2.51. The minimum Gasteiger partial charge on any atom is -0.355 e. The van der Waals surface area contributed by atoms with E-state index in [1.165, 1.54) is 0 Å². The molecule has 2 amide bonds. The molecule has 4 N–H and O–H groups in total. The van der Waals surface area contributed by atoms with E-state index in [9.17, 15) is 9.59 Å². The van der Waals surface area contributed by atoms with Crippen LogP contribution in [0, 0.1) is 5.92 Å². The molecular weight excluding hydrogens is 256 g/mol. The van der Waals surface area contributed by atoms with Crippen LogP contribution in [0.3, 0.4) is 0 Å². The van der Waals surface area contributed by atoms with Crippen LogP contribution in [0.1, 0.15) is 19.8 Å². The zero-order valence-corrected chi connectivity index (χ0v) is 12.2. The Morgan fingerprint density at radius 3 is 2.90 bits per heavy atom. The van der Waals surface area contributed by atoms with Crippen molar-refractivity contribution >= 4 is 11.8 Å². The molecule has 0 saturated carbocycles. The number of amides is 2. The van der Waals surface area contributed by atoms with Gasteiger partial charge >= 0.3 is 0 Å². The van der Waals surface area contributed by atoms with Crippen molar-refractivity contribution in [1.29, 1.82) is 0 Å². The Morgan fingerprint density at radius 2 is 2.25 bits per heavy atom. The summed E-state index contributed by atoms with van der Waals surface area (Å²) in [6.45, 7) is 8.35. The number of nitrogens with two attached hydrogens (primary N) is 1. The summed E-state index contributed by atoms with van der Waals surface area (Å²) >= 11 is 0. The molecule has 1 aliphatic rings. The molecule has 2 atom stereocenters. The van der Waals surface area contributed by atoms with Crippen LogP contribution < -0.4 is 16.4 Å². The van der Waals surface area contributed by atoms with Gasteiger partial charge in [0.15, 0.2) is 0 Å². The summed E-state index contributed by atoms with van der Waals surface area (Å²) in [7, 11) is 0. The van der Waals surface area contributed by atoms with Gasteiger partial charge < -0.3 is 16.4 Å². The highest BCUT2D eigenvalue weighted by Gasteiger charge is 2.30. The molecule has 6 nitrogen and oxygen atoms in total. The Morgan fingerprint density at radius 1 is 1.50 bits per heavy atom. The monoisotopic (exact) mass is 282 g/mol. The molecule has 0 aliphatic carbocycles. The smallest absolute Gasteiger partial charge is 0.237 e. The largest absolute Gasteiger partial charge is 0.355 e. The molecule has 1 fully saturated rings. The van der Waals surface area contributed by atoms with Crippen molar-refractivity contribution in [3.63, 3.8) is 0 Å². The maximum atomic E-state index is 12.0. The van der Waals surface area contributed by atoms with E-state index >= 15 is 0 Å². The number of carbonyl (C=O) groups excluding carboxylic acids is 2. The Bertz CT molecular complexity index is 346. The number of rotatable bonds is 7. The first-order chi connectivity index (χ1) is 9.60. The molecule has 0 bridgehead atoms. The van der Waals surface area contributed by atoms with Crippen LogP contribution >= 0.6 is 0 Å². The van der Waals surface area contributed by atoms with Gasteiger partial charge in [0.25, 0.3) is 0 Å². The minimum absolute atomic E-state index is 0.0204. The van der Waals surface area contributed by atoms with E-state index in [4.69, 9.17) is 5.73 Å². The van der Waals surface area contributed by atoms with E-state index in [-0.39, 0.29) is 23.8 Å². The first kappa shape index (κ1) is 16.7. The molecule has 114 valence electrons. The van der Waals surface area contributed by atoms with Crippen LogP contribution in [0.4, 0.5) is 0 Å². The summed E-state index contributed by atoms with van der Waals surface area (Å²) in [6.07, 6.45) is 3.46. The first-order valence-corrected chi connectivity index (χ1v) is 7.20. The van der Waals surface area contributed by atoms with Gasteiger partial charge in [-0.05, 0) is 26.3 Å². The van der Waals surface area contributed by atoms with Crippen molar-refractivity contribution < 1.29 is 9.59 Å². The molecule has 1 heterocycles. The van der Waals surface area contributed by atoms with Gasteiger partial charge in [-0.15, -0.1) is 6.58 Å². The highest BCUT2D eigenvalue weighted by Crippen LogP contribution is 2.18. The molecular formula is C14H26N4O2. The molecule has 0 radical (unpaired) electrons. The first-order valence-electron chi connectivity index (χ1n) is 7.20. The maximum Gasteiger partial charge on any atom is 0.237 e. The number of nitrogens with one attached hydrogen (secondary N) is 2. The lowest BCUT2D eigenvalue weighted by Gasteiger charge is -2.35. The summed E-state index contributed by atoms with van der Waals surface area (Å²) in [5.41, 5.74) is 5.38. The van der Waals surface area contributed by atoms with Crippen LogP contribution in [0.2, 0.25) is 0 Å². The van der Waals surface area contributed by atoms with E-state index in [2.05, 4.69) is 22.1 Å². The van der Waals surface area contributed by atoms with Crippen LogP contribution in [0.15, 0.2) is 12.7 Å². The number of piperidine rings is 1. The average molecular weight is 282 g/mol. The van der Waals surface area contributed by atoms with E-state index in [1.807, 2.05) is 6.92 Å². The Hall–Kier alpha value is -1.40. The lowest BCUT2D eigenvalue weighted by molar-refractivity contribution is -0.131. The van der Waals surface area contributed by atoms with Gasteiger partial charge in [0.1, 0.15) is 0 Å². The highest BCUT2D eigenvalue weighted by atomic mass is 16.2. The zero-order valence-electron chi connectivity index (χ0n) is 12.2. The van der Waals surface area contributed by atoms with Gasteiger partial charge in [-0.3, -0.25) is 14.5 Å². The molecule has 1 rings (SSSR count). The van der Waals surface area contributed by atoms with Crippen molar-refractivity contribution in [3.8, 4) is 0 Å². The van der Waals surface area contributed by atoms with Crippen molar-refractivity contribution in [3.05, 3.63) is 12.7 Å². The molecule has 20 heavy (non-hydrogen) atoms. The number of likely N-dealkylation sites (tertiary alicyclic amines) is 1. The molecule has 0 spiro atoms. The number of hydrogen-bond donors (Lipinski definition) is 3. The molecule has 1 aliphatic heterocycles. The fourth-order valence-electron chi connectivity index (χ4n) is 2.40. The van der Waals surface area contributed by atoms with Gasteiger partial charge in [0, 0.05) is 26.2 Å². The van der Waals surface area contributed by atoms with Gasteiger partial charge in [-0.1, -0.05) is 6.08 Å². The Kier molecular flexibility index (Phi) is 7.25. The predicted molar refractivity (Wildman–Crippen MR) is 79.0 cm³/mol. The summed E-state index contributed by atoms with van der Waals surface area (Å²) in [4.78, 5) is 26.0. The fraction of sp³-hybridized carbons (Fsp3) is 0.714. The van der Waals surface area contributed by atoms with Crippen LogP contribution in [-0.2, 0) is 9.59 Å². The summed E-state index contributed by atoms with van der Waals surface area (Å²) in [5.74, 6) is -0.0308. The maximum absolute atomic E-state index is 12.0. The second-order valence-electron chi connectivity index (χ2n) is 5.12. The number of carbonyl (C=O) groups is 2. The molecule has 2 unspecified atom stereocenters. The number of hydrogen-bond acceptors (Lipinski definition) is 4. The van der Waals surface area contributed by atoms with Crippen LogP contribution in [0.5, 0.6) is 0 Å². The normalized spacial score (nSPS) is 21.0. The fourth-order valence-corrected chi connectivity index (χ4v) is 2.40. The Balaban J connectivity index is 2.48. The van der Waals surface area contributed by atoms with Gasteiger partial charge in [0.05, 0.1) is 12.0 Å². The molecule has 0 aromatic heterocycles. The third-order valence-electron chi connectivity index (χ3n) is 3.61. The quantitative estimate of drug-likeness (QED) is 0.548. The van der Waals surface area contributed by atoms with E-state index in [0.717, 1.165) is 19.4 Å². The molecule has 1 saturated heterocycles. The zero-order chi connectivity index (χ0) is 15.0. The summed E-state index contributed by atoms with van der Waals surface area (Å²) in [5, 5.41) is 5.61. The third kappa shape index (κ3) is 4.94. The number of nitrogens with zero attached hydrogens (tertiary/aromatic N) is 1. The van der Waals surface area contributed by atoms with Crippen molar-refractivity contribution in [2.45, 2.75) is 25.8 Å². The second kappa shape index (κ2) is 8.71. The van der Waals surface area contributed by atoms with Crippen LogP contribution in [-0.4, -0.2) is 55.5 Å². The third-order valence-corrected chi connectivity index (χ3v) is 3.61. The van der Waals surface area contributed by atoms with Crippen molar-refractivity contribution in [2.75, 3.05) is 32.7 Å². The van der Waals surface area contributed by atoms with Crippen molar-refractivity contribution in [1.82, 2.24) is 15.5 Å². The van der Waals surface area contributed by atoms with Crippen molar-refractivity contribution in [2.24, 2.45) is 11.7 Å². The topological polar surface area (TPSA) is 87.5 Å². The molecule has 0 aromatic rings. The van der Waals surface area contributed by atoms with E-state index in [0.29, 0.717) is 26.2 Å². The standard InChI is InChI=1S/C14H26N4O2/c1-3-7-16-13(19)11(2)18-9-4-5-12(10-18)14(20)17-8-6-15/h3,11-12H,1,4-10,15H2,2H3,(H,16,19)(H,17,20). The minimum atomic E-state index is -0.222. The Labute approximate surface area is 120 Å². The summed E-state index contributed by atoms with van der Waals surface area (Å²) in [6, 6.07) is -0.222. The van der Waals surface area contributed by atoms with Gasteiger partial charge in [0.2, 0.25) is 11.8 Å².